The maximum Gasteiger partial charge on any atom is 0.407 e. The Balaban J connectivity index is 1.54. The van der Waals surface area contributed by atoms with Gasteiger partial charge in [0.05, 0.1) is 17.0 Å². The first-order valence-corrected chi connectivity index (χ1v) is 13.7. The highest BCUT2D eigenvalue weighted by atomic mass is 32.2. The van der Waals surface area contributed by atoms with Gasteiger partial charge in [0.1, 0.15) is 17.9 Å². The quantitative estimate of drug-likeness (QED) is 0.301. The van der Waals surface area contributed by atoms with E-state index in [4.69, 9.17) is 0 Å². The number of aliphatic hydroxyl groups is 1. The van der Waals surface area contributed by atoms with E-state index in [1.807, 2.05) is 0 Å². The van der Waals surface area contributed by atoms with Gasteiger partial charge in [-0.05, 0) is 62.1 Å². The first-order valence-electron chi connectivity index (χ1n) is 11.9. The molecule has 3 atom stereocenters. The fourth-order valence-corrected chi connectivity index (χ4v) is 6.04. The van der Waals surface area contributed by atoms with Crippen molar-refractivity contribution in [3.05, 3.63) is 35.6 Å². The lowest BCUT2D eigenvalue weighted by Crippen LogP contribution is -2.59. The molecule has 3 aliphatic rings. The summed E-state index contributed by atoms with van der Waals surface area (Å²) in [4.78, 5) is 25.5. The average Bonchev–Trinajstić information content (AvgIpc) is 3.61. The van der Waals surface area contributed by atoms with Gasteiger partial charge in [0.2, 0.25) is 5.91 Å². The second-order valence-corrected chi connectivity index (χ2v) is 12.3. The SMILES string of the molecule is O=C(NC1CC1)C(O)C1(NC(=O)[C@H](CS(=O)(=O)CC2CC2)N[C@@H](c2ccc(F)cc2)C(F)(F)F)CC1. The van der Waals surface area contributed by atoms with Crippen molar-refractivity contribution in [2.75, 3.05) is 11.5 Å². The van der Waals surface area contributed by atoms with Crippen LogP contribution in [0.15, 0.2) is 24.3 Å². The second kappa shape index (κ2) is 9.90. The summed E-state index contributed by atoms with van der Waals surface area (Å²) in [6, 6.07) is -0.857. The zero-order chi connectivity index (χ0) is 26.3. The van der Waals surface area contributed by atoms with Gasteiger partial charge < -0.3 is 15.7 Å². The van der Waals surface area contributed by atoms with Crippen LogP contribution in [-0.4, -0.2) is 66.7 Å². The minimum atomic E-state index is -4.93. The highest BCUT2D eigenvalue weighted by Crippen LogP contribution is 2.40. The monoisotopic (exact) mass is 535 g/mol. The molecule has 1 aromatic rings. The van der Waals surface area contributed by atoms with Crippen LogP contribution < -0.4 is 16.0 Å². The molecular weight excluding hydrogens is 506 g/mol. The Morgan fingerprint density at radius 2 is 1.67 bits per heavy atom. The average molecular weight is 536 g/mol. The van der Waals surface area contributed by atoms with Crippen molar-refractivity contribution in [3.8, 4) is 0 Å². The zero-order valence-electron chi connectivity index (χ0n) is 19.4. The van der Waals surface area contributed by atoms with Crippen LogP contribution in [0.25, 0.3) is 0 Å². The molecule has 3 aliphatic carbocycles. The minimum absolute atomic E-state index is 0.0520. The van der Waals surface area contributed by atoms with E-state index in [-0.39, 0.29) is 30.6 Å². The van der Waals surface area contributed by atoms with Crippen LogP contribution >= 0.6 is 0 Å². The first-order chi connectivity index (χ1) is 16.8. The van der Waals surface area contributed by atoms with Gasteiger partial charge >= 0.3 is 6.18 Å². The van der Waals surface area contributed by atoms with Crippen molar-refractivity contribution in [2.45, 2.75) is 74.5 Å². The number of hydrogen-bond acceptors (Lipinski definition) is 6. The normalized spacial score (nSPS) is 21.8. The summed E-state index contributed by atoms with van der Waals surface area (Å²) < 4.78 is 80.6. The van der Waals surface area contributed by atoms with Crippen molar-refractivity contribution in [3.63, 3.8) is 0 Å². The molecule has 0 heterocycles. The lowest BCUT2D eigenvalue weighted by molar-refractivity contribution is -0.160. The third-order valence-electron chi connectivity index (χ3n) is 6.68. The number of aliphatic hydroxyl groups excluding tert-OH is 1. The summed E-state index contributed by atoms with van der Waals surface area (Å²) in [5.74, 6) is -3.75. The Bertz CT molecular complexity index is 1080. The van der Waals surface area contributed by atoms with Gasteiger partial charge in [0, 0.05) is 6.04 Å². The summed E-state index contributed by atoms with van der Waals surface area (Å²) in [5, 5.41) is 17.7. The molecule has 36 heavy (non-hydrogen) atoms. The van der Waals surface area contributed by atoms with Crippen molar-refractivity contribution in [2.24, 2.45) is 5.92 Å². The summed E-state index contributed by atoms with van der Waals surface area (Å²) in [6.07, 6.45) is -3.22. The van der Waals surface area contributed by atoms with Gasteiger partial charge in [-0.3, -0.25) is 14.9 Å². The first kappa shape index (κ1) is 26.8. The van der Waals surface area contributed by atoms with E-state index in [0.717, 1.165) is 37.1 Å². The Kier molecular flexibility index (Phi) is 7.37. The molecule has 0 aromatic heterocycles. The lowest BCUT2D eigenvalue weighted by atomic mass is 10.0. The van der Waals surface area contributed by atoms with Gasteiger partial charge in [-0.25, -0.2) is 12.8 Å². The summed E-state index contributed by atoms with van der Waals surface area (Å²) in [5.41, 5.74) is -1.77. The third kappa shape index (κ3) is 6.94. The molecular formula is C23H29F4N3O5S. The molecule has 200 valence electrons. The number of carbonyl (C=O) groups excluding carboxylic acids is 2. The van der Waals surface area contributed by atoms with Crippen LogP contribution in [0.3, 0.4) is 0 Å². The molecule has 8 nitrogen and oxygen atoms in total. The molecule has 0 radical (unpaired) electrons. The van der Waals surface area contributed by atoms with E-state index >= 15 is 0 Å². The van der Waals surface area contributed by atoms with Crippen LogP contribution in [0.4, 0.5) is 17.6 Å². The van der Waals surface area contributed by atoms with E-state index in [0.29, 0.717) is 12.8 Å². The number of rotatable bonds is 12. The molecule has 4 rings (SSSR count). The van der Waals surface area contributed by atoms with Gasteiger partial charge in [-0.1, -0.05) is 12.1 Å². The number of carbonyl (C=O) groups is 2. The molecule has 3 saturated carbocycles. The van der Waals surface area contributed by atoms with Crippen LogP contribution in [0.1, 0.15) is 50.1 Å². The Labute approximate surface area is 206 Å². The fraction of sp³-hybridized carbons (Fsp3) is 0.652. The van der Waals surface area contributed by atoms with Crippen LogP contribution in [0.5, 0.6) is 0 Å². The fourth-order valence-electron chi connectivity index (χ4n) is 4.09. The number of benzene rings is 1. The minimum Gasteiger partial charge on any atom is -0.381 e. The van der Waals surface area contributed by atoms with Crippen LogP contribution in [0.2, 0.25) is 0 Å². The Morgan fingerprint density at radius 1 is 1.06 bits per heavy atom. The highest BCUT2D eigenvalue weighted by molar-refractivity contribution is 7.91. The molecule has 1 aromatic carbocycles. The summed E-state index contributed by atoms with van der Waals surface area (Å²) in [6.45, 7) is 0. The number of amides is 2. The van der Waals surface area contributed by atoms with Crippen molar-refractivity contribution >= 4 is 21.7 Å². The molecule has 1 unspecified atom stereocenters. The molecule has 0 bridgehead atoms. The molecule has 13 heteroatoms. The van der Waals surface area contributed by atoms with Gasteiger partial charge in [-0.15, -0.1) is 0 Å². The van der Waals surface area contributed by atoms with E-state index in [9.17, 15) is 40.7 Å². The van der Waals surface area contributed by atoms with Crippen molar-refractivity contribution in [1.29, 1.82) is 0 Å². The molecule has 4 N–H and O–H groups in total. The third-order valence-corrected chi connectivity index (χ3v) is 8.50. The predicted molar refractivity (Wildman–Crippen MR) is 121 cm³/mol. The lowest BCUT2D eigenvalue weighted by Gasteiger charge is -2.30. The molecule has 0 saturated heterocycles. The van der Waals surface area contributed by atoms with Crippen LogP contribution in [-0.2, 0) is 19.4 Å². The Morgan fingerprint density at radius 3 is 2.17 bits per heavy atom. The maximum absolute atomic E-state index is 14.0. The largest absolute Gasteiger partial charge is 0.407 e. The van der Waals surface area contributed by atoms with E-state index in [1.54, 1.807) is 0 Å². The standard InChI is InChI=1S/C23H29F4N3O5S/c24-15-5-3-14(4-6-15)18(23(25,26)27)29-17(12-36(34,35)11-13-1-2-13)20(32)30-22(9-10-22)19(31)21(33)28-16-7-8-16/h3-6,13,16-19,29,31H,1-2,7-12H2,(H,28,33)(H,30,32)/t17-,18-,19?/m0/s1. The second-order valence-electron chi connectivity index (χ2n) is 10.1. The van der Waals surface area contributed by atoms with Crippen molar-refractivity contribution in [1.82, 2.24) is 16.0 Å². The number of alkyl halides is 3. The topological polar surface area (TPSA) is 125 Å². The molecule has 0 aliphatic heterocycles. The number of halogens is 4. The smallest absolute Gasteiger partial charge is 0.381 e. The predicted octanol–water partition coefficient (Wildman–Crippen LogP) is 1.50. The number of sulfone groups is 1. The number of hydrogen-bond donors (Lipinski definition) is 4. The van der Waals surface area contributed by atoms with Gasteiger partial charge in [0.15, 0.2) is 15.9 Å². The Hall–Kier alpha value is -2.25. The molecule has 3 fully saturated rings. The summed E-state index contributed by atoms with van der Waals surface area (Å²) in [7, 11) is -3.91. The zero-order valence-corrected chi connectivity index (χ0v) is 20.2. The van der Waals surface area contributed by atoms with Crippen LogP contribution in [0, 0.1) is 11.7 Å². The van der Waals surface area contributed by atoms with E-state index in [2.05, 4.69) is 16.0 Å². The number of nitrogens with one attached hydrogen (secondary N) is 3. The maximum atomic E-state index is 14.0. The van der Waals surface area contributed by atoms with Gasteiger partial charge in [0.25, 0.3) is 5.91 Å². The van der Waals surface area contributed by atoms with E-state index in [1.165, 1.54) is 0 Å². The molecule has 0 spiro atoms. The molecule has 2 amide bonds. The van der Waals surface area contributed by atoms with Crippen molar-refractivity contribution < 1.29 is 40.7 Å². The summed E-state index contributed by atoms with van der Waals surface area (Å²) >= 11 is 0. The van der Waals surface area contributed by atoms with Gasteiger partial charge in [-0.2, -0.15) is 13.2 Å². The van der Waals surface area contributed by atoms with E-state index < -0.39 is 68.7 Å². The highest BCUT2D eigenvalue weighted by Gasteiger charge is 2.55.